The number of nitrogens with zero attached hydrogens (tertiary/aromatic N) is 1. The number of hydrogen-bond donors (Lipinski definition) is 1. The van der Waals surface area contributed by atoms with Gasteiger partial charge >= 0.3 is 5.69 Å². The van der Waals surface area contributed by atoms with E-state index in [1.807, 2.05) is 4.98 Å². The molecule has 0 unspecified atom stereocenters. The van der Waals surface area contributed by atoms with Gasteiger partial charge in [0.05, 0.1) is 12.8 Å². The number of H-pyrrole nitrogens is 1. The van der Waals surface area contributed by atoms with Crippen LogP contribution >= 0.6 is 11.8 Å². The molecule has 1 aromatic rings. The van der Waals surface area contributed by atoms with E-state index in [1.54, 1.807) is 11.8 Å². The molecule has 0 amide bonds. The summed E-state index contributed by atoms with van der Waals surface area (Å²) in [5, 5.41) is 0. The predicted molar refractivity (Wildman–Crippen MR) is 64.8 cm³/mol. The summed E-state index contributed by atoms with van der Waals surface area (Å²) in [4.78, 5) is 23.8. The minimum atomic E-state index is -1.01. The maximum Gasteiger partial charge on any atom is 0.330 e. The highest BCUT2D eigenvalue weighted by atomic mass is 32.2. The summed E-state index contributed by atoms with van der Waals surface area (Å²) in [6, 6.07) is 0. The van der Waals surface area contributed by atoms with Gasteiger partial charge in [-0.3, -0.25) is 14.3 Å². The van der Waals surface area contributed by atoms with E-state index in [-0.39, 0.29) is 6.73 Å². The molecule has 17 heavy (non-hydrogen) atoms. The van der Waals surface area contributed by atoms with Crippen molar-refractivity contribution in [3.05, 3.63) is 32.9 Å². The molecule has 7 heteroatoms. The minimum absolute atomic E-state index is 0.0563. The Balaban J connectivity index is 2.39. The van der Waals surface area contributed by atoms with Gasteiger partial charge in [0.25, 0.3) is 5.56 Å². The Kier molecular flexibility index (Phi) is 5.99. The van der Waals surface area contributed by atoms with Crippen LogP contribution in [0.2, 0.25) is 0 Å². The second-order valence-corrected chi connectivity index (χ2v) is 4.58. The number of ether oxygens (including phenoxy) is 1. The lowest BCUT2D eigenvalue weighted by molar-refractivity contribution is 0.0854. The highest BCUT2D eigenvalue weighted by Gasteiger charge is 2.02. The smallest absolute Gasteiger partial charge is 0.330 e. The van der Waals surface area contributed by atoms with Crippen LogP contribution in [-0.4, -0.2) is 27.7 Å². The first kappa shape index (κ1) is 14.0. The molecule has 0 saturated heterocycles. The summed E-state index contributed by atoms with van der Waals surface area (Å²) < 4.78 is 19.1. The Bertz CT molecular complexity index is 458. The molecule has 1 heterocycles. The Labute approximate surface area is 102 Å². The van der Waals surface area contributed by atoms with Gasteiger partial charge in [0.2, 0.25) is 5.82 Å². The summed E-state index contributed by atoms with van der Waals surface area (Å²) in [5.41, 5.74) is -1.68. The summed E-state index contributed by atoms with van der Waals surface area (Å²) in [6.45, 7) is 2.52. The van der Waals surface area contributed by atoms with Crippen LogP contribution in [0.25, 0.3) is 0 Å². The molecule has 0 radical (unpaired) electrons. The van der Waals surface area contributed by atoms with Crippen molar-refractivity contribution in [3.63, 3.8) is 0 Å². The second-order valence-electron chi connectivity index (χ2n) is 3.36. The Morgan fingerprint density at radius 1 is 1.47 bits per heavy atom. The fourth-order valence-corrected chi connectivity index (χ4v) is 1.83. The lowest BCUT2D eigenvalue weighted by atomic mass is 10.6. The standard InChI is InChI=1S/C10H15FN2O3S/c1-2-4-17-5-3-16-7-13-6-8(11)9(14)12-10(13)15/h6H,2-5,7H2,1H3,(H,12,14,15). The zero-order valence-electron chi connectivity index (χ0n) is 9.57. The van der Waals surface area contributed by atoms with Gasteiger partial charge in [-0.1, -0.05) is 6.92 Å². The Hall–Kier alpha value is -1.08. The van der Waals surface area contributed by atoms with Gasteiger partial charge < -0.3 is 4.74 Å². The fraction of sp³-hybridized carbons (Fsp3) is 0.600. The van der Waals surface area contributed by atoms with E-state index in [9.17, 15) is 14.0 Å². The Morgan fingerprint density at radius 3 is 2.94 bits per heavy atom. The van der Waals surface area contributed by atoms with Crippen LogP contribution in [0.4, 0.5) is 4.39 Å². The number of aromatic amines is 1. The third kappa shape index (κ3) is 4.74. The van der Waals surface area contributed by atoms with Gasteiger partial charge in [0.1, 0.15) is 6.73 Å². The van der Waals surface area contributed by atoms with Gasteiger partial charge in [-0.2, -0.15) is 16.2 Å². The SMILES string of the molecule is CCCSCCOCn1cc(F)c(=O)[nH]c1=O. The maximum atomic E-state index is 12.9. The third-order valence-corrected chi connectivity index (χ3v) is 3.07. The normalized spacial score (nSPS) is 10.7. The molecule has 0 aromatic carbocycles. The van der Waals surface area contributed by atoms with Crippen molar-refractivity contribution in [3.8, 4) is 0 Å². The summed E-state index contributed by atoms with van der Waals surface area (Å²) in [7, 11) is 0. The number of halogens is 1. The largest absolute Gasteiger partial charge is 0.360 e. The molecule has 0 aliphatic heterocycles. The molecule has 0 bridgehead atoms. The molecule has 1 aromatic heterocycles. The van der Waals surface area contributed by atoms with E-state index >= 15 is 0 Å². The van der Waals surface area contributed by atoms with Crippen LogP contribution in [0.15, 0.2) is 15.8 Å². The van der Waals surface area contributed by atoms with Crippen LogP contribution in [0, 0.1) is 5.82 Å². The zero-order valence-corrected chi connectivity index (χ0v) is 10.4. The van der Waals surface area contributed by atoms with E-state index in [4.69, 9.17) is 4.74 Å². The molecule has 1 N–H and O–H groups in total. The van der Waals surface area contributed by atoms with Crippen LogP contribution in [0.3, 0.4) is 0 Å². The van der Waals surface area contributed by atoms with Gasteiger partial charge in [0, 0.05) is 5.75 Å². The monoisotopic (exact) mass is 262 g/mol. The lowest BCUT2D eigenvalue weighted by Crippen LogP contribution is -2.32. The zero-order chi connectivity index (χ0) is 12.7. The quantitative estimate of drug-likeness (QED) is 0.738. The molecule has 0 aliphatic carbocycles. The van der Waals surface area contributed by atoms with E-state index in [0.717, 1.165) is 28.7 Å². The van der Waals surface area contributed by atoms with Crippen molar-refractivity contribution in [2.24, 2.45) is 0 Å². The summed E-state index contributed by atoms with van der Waals surface area (Å²) in [6.07, 6.45) is 1.95. The fourth-order valence-electron chi connectivity index (χ4n) is 1.11. The van der Waals surface area contributed by atoms with E-state index < -0.39 is 17.1 Å². The van der Waals surface area contributed by atoms with E-state index in [0.29, 0.717) is 6.61 Å². The van der Waals surface area contributed by atoms with Crippen molar-refractivity contribution >= 4 is 11.8 Å². The van der Waals surface area contributed by atoms with Crippen LogP contribution in [0.1, 0.15) is 13.3 Å². The van der Waals surface area contributed by atoms with Gasteiger partial charge in [-0.05, 0) is 12.2 Å². The van der Waals surface area contributed by atoms with Gasteiger partial charge in [-0.15, -0.1) is 0 Å². The number of hydrogen-bond acceptors (Lipinski definition) is 4. The number of thioether (sulfide) groups is 1. The molecule has 0 atom stereocenters. The first-order valence-electron chi connectivity index (χ1n) is 5.30. The third-order valence-electron chi connectivity index (χ3n) is 1.92. The number of rotatable bonds is 7. The Morgan fingerprint density at radius 2 is 2.24 bits per heavy atom. The minimum Gasteiger partial charge on any atom is -0.360 e. The molecule has 0 saturated carbocycles. The van der Waals surface area contributed by atoms with Crippen molar-refractivity contribution in [1.82, 2.24) is 9.55 Å². The molecular formula is C10H15FN2O3S. The van der Waals surface area contributed by atoms with Crippen molar-refractivity contribution < 1.29 is 9.13 Å². The van der Waals surface area contributed by atoms with Gasteiger partial charge in [0.15, 0.2) is 0 Å². The predicted octanol–water partition coefficient (Wildman–Crippen LogP) is 0.793. The first-order valence-corrected chi connectivity index (χ1v) is 6.45. The molecule has 1 rings (SSSR count). The van der Waals surface area contributed by atoms with Crippen molar-refractivity contribution in [2.45, 2.75) is 20.1 Å². The molecule has 96 valence electrons. The highest BCUT2D eigenvalue weighted by Crippen LogP contribution is 2.01. The number of aromatic nitrogens is 2. The van der Waals surface area contributed by atoms with Crippen molar-refractivity contribution in [1.29, 1.82) is 0 Å². The molecule has 0 spiro atoms. The van der Waals surface area contributed by atoms with E-state index in [2.05, 4.69) is 6.92 Å². The summed E-state index contributed by atoms with van der Waals surface area (Å²) in [5.74, 6) is 0.902. The second kappa shape index (κ2) is 7.29. The van der Waals surface area contributed by atoms with Crippen molar-refractivity contribution in [2.75, 3.05) is 18.1 Å². The first-order chi connectivity index (χ1) is 8.15. The topological polar surface area (TPSA) is 64.1 Å². The molecule has 5 nitrogen and oxygen atoms in total. The highest BCUT2D eigenvalue weighted by molar-refractivity contribution is 7.99. The van der Waals surface area contributed by atoms with Crippen LogP contribution in [0.5, 0.6) is 0 Å². The molecule has 0 fully saturated rings. The molecule has 0 aliphatic rings. The van der Waals surface area contributed by atoms with E-state index in [1.165, 1.54) is 0 Å². The average molecular weight is 262 g/mol. The van der Waals surface area contributed by atoms with Gasteiger partial charge in [-0.25, -0.2) is 4.79 Å². The maximum absolute atomic E-state index is 12.9. The summed E-state index contributed by atoms with van der Waals surface area (Å²) >= 11 is 1.75. The van der Waals surface area contributed by atoms with Crippen LogP contribution < -0.4 is 11.2 Å². The lowest BCUT2D eigenvalue weighted by Gasteiger charge is -2.06. The molecular weight excluding hydrogens is 247 g/mol. The average Bonchev–Trinajstić information content (AvgIpc) is 2.30. The number of nitrogens with one attached hydrogen (secondary N) is 1. The van der Waals surface area contributed by atoms with Crippen LogP contribution in [-0.2, 0) is 11.5 Å².